The highest BCUT2D eigenvalue weighted by Crippen LogP contribution is 2.43. The van der Waals surface area contributed by atoms with Crippen molar-refractivity contribution in [2.45, 2.75) is 57.7 Å². The maximum Gasteiger partial charge on any atom is 0.170 e. The molecular weight excluding hydrogens is 388 g/mol. The van der Waals surface area contributed by atoms with Gasteiger partial charge in [0, 0.05) is 29.8 Å². The number of pyridine rings is 1. The van der Waals surface area contributed by atoms with Crippen molar-refractivity contribution in [3.63, 3.8) is 0 Å². The molecule has 2 aromatic heterocycles. The molecule has 1 aliphatic carbocycles. The third kappa shape index (κ3) is 3.31. The Balaban J connectivity index is 1.62. The molecule has 1 N–H and O–H groups in total. The lowest BCUT2D eigenvalue weighted by Gasteiger charge is -2.33. The third-order valence-corrected chi connectivity index (χ3v) is 7.03. The van der Waals surface area contributed by atoms with Crippen LogP contribution in [0.2, 0.25) is 0 Å². The van der Waals surface area contributed by atoms with E-state index in [0.717, 1.165) is 10.8 Å². The summed E-state index contributed by atoms with van der Waals surface area (Å²) >= 11 is 5.88. The Labute approximate surface area is 183 Å². The summed E-state index contributed by atoms with van der Waals surface area (Å²) in [6.45, 7) is 4.34. The molecule has 30 heavy (non-hydrogen) atoms. The van der Waals surface area contributed by atoms with Crippen LogP contribution in [0.25, 0.3) is 5.69 Å². The fraction of sp³-hybridized carbons (Fsp3) is 0.360. The fourth-order valence-electron chi connectivity index (χ4n) is 5.00. The van der Waals surface area contributed by atoms with Gasteiger partial charge < -0.3 is 14.8 Å². The van der Waals surface area contributed by atoms with Gasteiger partial charge in [0.15, 0.2) is 5.11 Å². The molecule has 2 atom stereocenters. The van der Waals surface area contributed by atoms with E-state index in [0.29, 0.717) is 6.04 Å². The van der Waals surface area contributed by atoms with Gasteiger partial charge in [0.2, 0.25) is 0 Å². The Morgan fingerprint density at radius 1 is 1.00 bits per heavy atom. The second-order valence-electron chi connectivity index (χ2n) is 8.54. The van der Waals surface area contributed by atoms with E-state index in [4.69, 9.17) is 12.2 Å². The van der Waals surface area contributed by atoms with Crippen molar-refractivity contribution in [1.29, 1.82) is 0 Å². The van der Waals surface area contributed by atoms with E-state index in [2.05, 4.69) is 82.3 Å². The predicted molar refractivity (Wildman–Crippen MR) is 125 cm³/mol. The topological polar surface area (TPSA) is 33.1 Å². The van der Waals surface area contributed by atoms with Gasteiger partial charge in [0.05, 0.1) is 17.8 Å². The first kappa shape index (κ1) is 19.3. The van der Waals surface area contributed by atoms with Crippen LogP contribution in [-0.4, -0.2) is 25.6 Å². The summed E-state index contributed by atoms with van der Waals surface area (Å²) in [5, 5.41) is 4.47. The molecule has 5 heteroatoms. The third-order valence-electron chi connectivity index (χ3n) is 6.71. The highest BCUT2D eigenvalue weighted by atomic mass is 32.1. The highest BCUT2D eigenvalue weighted by molar-refractivity contribution is 7.80. The summed E-state index contributed by atoms with van der Waals surface area (Å²) in [4.78, 5) is 7.15. The van der Waals surface area contributed by atoms with Crippen molar-refractivity contribution in [2.75, 3.05) is 0 Å². The molecule has 0 unspecified atom stereocenters. The Bertz CT molecular complexity index is 1050. The first-order valence-corrected chi connectivity index (χ1v) is 11.3. The van der Waals surface area contributed by atoms with E-state index < -0.39 is 0 Å². The van der Waals surface area contributed by atoms with Gasteiger partial charge in [-0.05, 0) is 86.4 Å². The zero-order chi connectivity index (χ0) is 20.7. The van der Waals surface area contributed by atoms with Crippen molar-refractivity contribution >= 4 is 17.3 Å². The van der Waals surface area contributed by atoms with Crippen LogP contribution in [0, 0.1) is 13.8 Å². The molecular formula is C25H28N4S. The number of hydrogen-bond acceptors (Lipinski definition) is 2. The average molecular weight is 417 g/mol. The Morgan fingerprint density at radius 3 is 2.57 bits per heavy atom. The second kappa shape index (κ2) is 7.88. The minimum atomic E-state index is 0.0412. The molecule has 3 aromatic rings. The number of aryl methyl sites for hydroxylation is 2. The summed E-state index contributed by atoms with van der Waals surface area (Å²) in [7, 11) is 0. The predicted octanol–water partition coefficient (Wildman–Crippen LogP) is 5.40. The lowest BCUT2D eigenvalue weighted by molar-refractivity contribution is 0.239. The fourth-order valence-corrected chi connectivity index (χ4v) is 5.39. The molecule has 3 heterocycles. The molecule has 0 radical (unpaired) electrons. The van der Waals surface area contributed by atoms with Crippen LogP contribution in [-0.2, 0) is 0 Å². The number of nitrogens with zero attached hydrogens (tertiary/aromatic N) is 3. The molecule has 1 saturated heterocycles. The maximum atomic E-state index is 5.88. The van der Waals surface area contributed by atoms with Crippen LogP contribution in [0.1, 0.15) is 60.3 Å². The van der Waals surface area contributed by atoms with E-state index in [1.807, 2.05) is 12.3 Å². The van der Waals surface area contributed by atoms with Gasteiger partial charge in [0.25, 0.3) is 0 Å². The summed E-state index contributed by atoms with van der Waals surface area (Å²) in [6.07, 6.45) is 9.02. The standard InChI is InChI=1S/C25H28N4S/c1-17-12-13-20(16-18(17)2)28-15-7-11-22(28)24-23(21-10-5-6-14-26-21)27-25(30)29(24)19-8-3-4-9-19/h5-7,10-16,19,23-24H,3-4,8-9H2,1-2H3,(H,27,30)/t23-,24-/m1/s1. The Hall–Kier alpha value is -2.66. The molecule has 154 valence electrons. The second-order valence-corrected chi connectivity index (χ2v) is 8.93. The number of thiocarbonyl (C=S) groups is 1. The van der Waals surface area contributed by atoms with Crippen LogP contribution < -0.4 is 5.32 Å². The van der Waals surface area contributed by atoms with Crippen molar-refractivity contribution in [3.05, 3.63) is 83.4 Å². The zero-order valence-corrected chi connectivity index (χ0v) is 18.4. The van der Waals surface area contributed by atoms with Gasteiger partial charge in [0.1, 0.15) is 0 Å². The summed E-state index contributed by atoms with van der Waals surface area (Å²) < 4.78 is 2.32. The summed E-state index contributed by atoms with van der Waals surface area (Å²) in [5.74, 6) is 0. The first-order chi connectivity index (χ1) is 14.6. The van der Waals surface area contributed by atoms with E-state index in [1.165, 1.54) is 48.2 Å². The maximum absolute atomic E-state index is 5.88. The van der Waals surface area contributed by atoms with Crippen LogP contribution >= 0.6 is 12.2 Å². The van der Waals surface area contributed by atoms with Gasteiger partial charge >= 0.3 is 0 Å². The molecule has 1 saturated carbocycles. The van der Waals surface area contributed by atoms with Crippen LogP contribution in [0.3, 0.4) is 0 Å². The quantitative estimate of drug-likeness (QED) is 0.577. The van der Waals surface area contributed by atoms with E-state index in [1.54, 1.807) is 0 Å². The Morgan fingerprint density at radius 2 is 1.83 bits per heavy atom. The number of rotatable bonds is 4. The Kier molecular flexibility index (Phi) is 5.07. The van der Waals surface area contributed by atoms with Crippen LogP contribution in [0.4, 0.5) is 0 Å². The molecule has 1 aliphatic heterocycles. The van der Waals surface area contributed by atoms with Gasteiger partial charge in [-0.15, -0.1) is 0 Å². The molecule has 4 nitrogen and oxygen atoms in total. The molecule has 5 rings (SSSR count). The van der Waals surface area contributed by atoms with Crippen LogP contribution in [0.15, 0.2) is 60.9 Å². The molecule has 0 spiro atoms. The summed E-state index contributed by atoms with van der Waals surface area (Å²) in [5.41, 5.74) is 6.12. The largest absolute Gasteiger partial charge is 0.352 e. The van der Waals surface area contributed by atoms with Gasteiger partial charge in [-0.2, -0.15) is 0 Å². The number of aromatic nitrogens is 2. The van der Waals surface area contributed by atoms with Crippen molar-refractivity contribution < 1.29 is 0 Å². The molecule has 2 fully saturated rings. The SMILES string of the molecule is Cc1ccc(-n2cccc2[C@@H]2[C@@H](c3ccccn3)NC(=S)N2C2CCCC2)cc1C. The molecule has 0 bridgehead atoms. The van der Waals surface area contributed by atoms with Crippen molar-refractivity contribution in [1.82, 2.24) is 19.8 Å². The molecule has 2 aliphatic rings. The number of nitrogens with one attached hydrogen (secondary N) is 1. The zero-order valence-electron chi connectivity index (χ0n) is 17.6. The monoisotopic (exact) mass is 416 g/mol. The van der Waals surface area contributed by atoms with Gasteiger partial charge in [-0.25, -0.2) is 0 Å². The van der Waals surface area contributed by atoms with Crippen molar-refractivity contribution in [3.8, 4) is 5.69 Å². The number of benzene rings is 1. The first-order valence-electron chi connectivity index (χ1n) is 10.9. The minimum Gasteiger partial charge on any atom is -0.352 e. The number of hydrogen-bond donors (Lipinski definition) is 1. The highest BCUT2D eigenvalue weighted by Gasteiger charge is 2.44. The van der Waals surface area contributed by atoms with Crippen LogP contribution in [0.5, 0.6) is 0 Å². The van der Waals surface area contributed by atoms with E-state index in [-0.39, 0.29) is 12.1 Å². The lowest BCUT2D eigenvalue weighted by Crippen LogP contribution is -2.38. The van der Waals surface area contributed by atoms with Crippen molar-refractivity contribution in [2.24, 2.45) is 0 Å². The average Bonchev–Trinajstić information content (AvgIpc) is 3.50. The van der Waals surface area contributed by atoms with Gasteiger partial charge in [-0.1, -0.05) is 25.0 Å². The van der Waals surface area contributed by atoms with Gasteiger partial charge in [-0.3, -0.25) is 4.98 Å². The summed E-state index contributed by atoms with van der Waals surface area (Å²) in [6, 6.07) is 17.9. The lowest BCUT2D eigenvalue weighted by atomic mass is 9.99. The molecule has 0 amide bonds. The molecule has 1 aromatic carbocycles. The smallest absolute Gasteiger partial charge is 0.170 e. The van der Waals surface area contributed by atoms with E-state index in [9.17, 15) is 0 Å². The minimum absolute atomic E-state index is 0.0412. The normalized spacial score (nSPS) is 21.9. The van der Waals surface area contributed by atoms with E-state index >= 15 is 0 Å².